The van der Waals surface area contributed by atoms with Gasteiger partial charge in [0, 0.05) is 18.8 Å². The van der Waals surface area contributed by atoms with Crippen molar-refractivity contribution in [1.29, 1.82) is 0 Å². The molecule has 0 unspecified atom stereocenters. The number of hydrogen-bond acceptors (Lipinski definition) is 4. The van der Waals surface area contributed by atoms with Gasteiger partial charge in [-0.25, -0.2) is 19.2 Å². The van der Waals surface area contributed by atoms with Crippen molar-refractivity contribution in [3.8, 4) is 11.3 Å². The van der Waals surface area contributed by atoms with Crippen molar-refractivity contribution in [3.63, 3.8) is 0 Å². The number of imidazole rings is 1. The summed E-state index contributed by atoms with van der Waals surface area (Å²) in [4.78, 5) is 9.57. The normalized spacial score (nSPS) is 11.9. The zero-order valence-electron chi connectivity index (χ0n) is 16.3. The molecule has 0 bridgehead atoms. The average Bonchev–Trinajstić information content (AvgIpc) is 3.08. The van der Waals surface area contributed by atoms with Gasteiger partial charge in [-0.15, -0.1) is 0 Å². The molecule has 2 aromatic heterocycles. The van der Waals surface area contributed by atoms with Gasteiger partial charge in [0.05, 0.1) is 12.3 Å². The third-order valence-electron chi connectivity index (χ3n) is 4.74. The molecule has 0 radical (unpaired) electrons. The minimum atomic E-state index is -0.573. The van der Waals surface area contributed by atoms with Crippen LogP contribution in [0, 0.1) is 11.6 Å². The summed E-state index contributed by atoms with van der Waals surface area (Å²) in [5, 5.41) is 0. The molecule has 3 N–H and O–H groups in total. The highest BCUT2D eigenvalue weighted by Gasteiger charge is 2.17. The molecule has 0 aliphatic heterocycles. The van der Waals surface area contributed by atoms with Gasteiger partial charge in [0.25, 0.3) is 0 Å². The van der Waals surface area contributed by atoms with Gasteiger partial charge in [-0.2, -0.15) is 0 Å². The molecular weight excluding hydrogens is 386 g/mol. The number of rotatable bonds is 6. The highest BCUT2D eigenvalue weighted by Crippen LogP contribution is 2.32. The summed E-state index contributed by atoms with van der Waals surface area (Å²) in [5.41, 5.74) is 12.4. The Labute approximate surface area is 172 Å². The van der Waals surface area contributed by atoms with Crippen LogP contribution in [0.2, 0.25) is 0 Å². The molecule has 0 aliphatic carbocycles. The molecule has 2 aromatic carbocycles. The fourth-order valence-electron chi connectivity index (χ4n) is 3.40. The highest BCUT2D eigenvalue weighted by molar-refractivity contribution is 5.82. The van der Waals surface area contributed by atoms with Crippen LogP contribution in [0.5, 0.6) is 0 Å². The predicted molar refractivity (Wildman–Crippen MR) is 113 cm³/mol. The molecule has 0 saturated heterocycles. The van der Waals surface area contributed by atoms with Gasteiger partial charge in [0.1, 0.15) is 17.3 Å². The summed E-state index contributed by atoms with van der Waals surface area (Å²) in [7, 11) is 1.69. The van der Waals surface area contributed by atoms with Crippen molar-refractivity contribution in [2.24, 2.45) is 0 Å². The fraction of sp³-hybridized carbons (Fsp3) is 0.0870. The van der Waals surface area contributed by atoms with Crippen molar-refractivity contribution in [2.45, 2.75) is 0 Å². The van der Waals surface area contributed by atoms with Gasteiger partial charge in [-0.05, 0) is 53.1 Å². The van der Waals surface area contributed by atoms with Crippen LogP contribution in [0.3, 0.4) is 0 Å². The lowest BCUT2D eigenvalue weighted by atomic mass is 9.99. The molecule has 30 heavy (non-hydrogen) atoms. The quantitative estimate of drug-likeness (QED) is 0.367. The lowest BCUT2D eigenvalue weighted by Gasteiger charge is -2.11. The first-order valence-corrected chi connectivity index (χ1v) is 9.36. The number of nitrogen functional groups attached to an aromatic ring is 1. The maximum Gasteiger partial charge on any atom is 0.150 e. The number of nitrogens with one attached hydrogen (secondary N) is 1. The number of pyridine rings is 1. The van der Waals surface area contributed by atoms with Crippen molar-refractivity contribution < 1.29 is 13.6 Å². The molecule has 0 spiro atoms. The van der Waals surface area contributed by atoms with Gasteiger partial charge in [0.15, 0.2) is 5.82 Å². The van der Waals surface area contributed by atoms with E-state index in [0.29, 0.717) is 17.9 Å². The second kappa shape index (κ2) is 8.44. The Kier molecular flexibility index (Phi) is 5.56. The summed E-state index contributed by atoms with van der Waals surface area (Å²) in [6.07, 6.45) is 3.76. The third-order valence-corrected chi connectivity index (χ3v) is 4.74. The lowest BCUT2D eigenvalue weighted by molar-refractivity contribution is 0.0813. The van der Waals surface area contributed by atoms with Gasteiger partial charge in [0.2, 0.25) is 0 Å². The van der Waals surface area contributed by atoms with Crippen molar-refractivity contribution >= 4 is 17.0 Å². The molecule has 152 valence electrons. The number of benzene rings is 2. The first-order valence-electron chi connectivity index (χ1n) is 9.36. The van der Waals surface area contributed by atoms with E-state index in [1.54, 1.807) is 17.5 Å². The number of fused-ring (bicyclic) bond motifs is 1. The Morgan fingerprint density at radius 1 is 1.10 bits per heavy atom. The summed E-state index contributed by atoms with van der Waals surface area (Å²) in [5.74, 6) is -0.997. The van der Waals surface area contributed by atoms with Crippen LogP contribution in [-0.2, 0) is 4.84 Å². The molecule has 4 aromatic rings. The first-order chi connectivity index (χ1) is 14.6. The van der Waals surface area contributed by atoms with Gasteiger partial charge < -0.3 is 5.73 Å². The van der Waals surface area contributed by atoms with Gasteiger partial charge in [-0.1, -0.05) is 30.3 Å². The van der Waals surface area contributed by atoms with Crippen LogP contribution >= 0.6 is 0 Å². The van der Waals surface area contributed by atoms with E-state index >= 15 is 0 Å². The number of anilines is 1. The lowest BCUT2D eigenvalue weighted by Crippen LogP contribution is -2.07. The maximum atomic E-state index is 14.5. The Morgan fingerprint density at radius 3 is 2.67 bits per heavy atom. The van der Waals surface area contributed by atoms with Crippen LogP contribution in [0.1, 0.15) is 11.1 Å². The number of nitrogens with zero attached hydrogens (tertiary/aromatic N) is 2. The van der Waals surface area contributed by atoms with Crippen LogP contribution in [0.15, 0.2) is 72.9 Å². The summed E-state index contributed by atoms with van der Waals surface area (Å²) in [6, 6.07) is 16.8. The minimum Gasteiger partial charge on any atom is -0.382 e. The van der Waals surface area contributed by atoms with Gasteiger partial charge in [-0.3, -0.25) is 9.24 Å². The molecule has 2 heterocycles. The van der Waals surface area contributed by atoms with E-state index in [-0.39, 0.29) is 11.4 Å². The molecule has 0 atom stereocenters. The maximum absolute atomic E-state index is 14.5. The smallest absolute Gasteiger partial charge is 0.150 e. The zero-order valence-corrected chi connectivity index (χ0v) is 16.3. The van der Waals surface area contributed by atoms with Crippen molar-refractivity contribution in [3.05, 3.63) is 95.7 Å². The Hall–Kier alpha value is -3.55. The van der Waals surface area contributed by atoms with Crippen LogP contribution < -0.4 is 11.2 Å². The standard InChI is InChI=1S/C23H20F2N4O/c1-27-30-12-11-18(15-5-3-2-4-6-15)16-7-10-21-28-23(26)22(29(21)14-16)19-13-17(24)8-9-20(19)25/h2-11,13-14,27H,12,26H2,1H3. The zero-order chi connectivity index (χ0) is 21.1. The first kappa shape index (κ1) is 19.8. The van der Waals surface area contributed by atoms with E-state index < -0.39 is 11.6 Å². The average molecular weight is 406 g/mol. The molecule has 0 saturated carbocycles. The van der Waals surface area contributed by atoms with Crippen LogP contribution in [0.4, 0.5) is 14.6 Å². The molecule has 0 fully saturated rings. The summed E-state index contributed by atoms with van der Waals surface area (Å²) in [6.45, 7) is 0.343. The molecule has 5 nitrogen and oxygen atoms in total. The number of hydroxylamine groups is 1. The highest BCUT2D eigenvalue weighted by atomic mass is 19.1. The molecule has 0 aliphatic rings. The largest absolute Gasteiger partial charge is 0.382 e. The topological polar surface area (TPSA) is 64.6 Å². The van der Waals surface area contributed by atoms with Crippen molar-refractivity contribution in [1.82, 2.24) is 14.9 Å². The van der Waals surface area contributed by atoms with Crippen molar-refractivity contribution in [2.75, 3.05) is 19.4 Å². The van der Waals surface area contributed by atoms with Crippen LogP contribution in [0.25, 0.3) is 22.5 Å². The Morgan fingerprint density at radius 2 is 1.90 bits per heavy atom. The third kappa shape index (κ3) is 3.80. The predicted octanol–water partition coefficient (Wildman–Crippen LogP) is 4.44. The Balaban J connectivity index is 1.90. The number of nitrogens with two attached hydrogens (primary N) is 1. The summed E-state index contributed by atoms with van der Waals surface area (Å²) >= 11 is 0. The number of aromatic nitrogens is 2. The summed E-state index contributed by atoms with van der Waals surface area (Å²) < 4.78 is 30.0. The monoisotopic (exact) mass is 406 g/mol. The minimum absolute atomic E-state index is 0.0564. The fourth-order valence-corrected chi connectivity index (χ4v) is 3.40. The van der Waals surface area contributed by atoms with Crippen LogP contribution in [-0.4, -0.2) is 23.0 Å². The molecule has 0 amide bonds. The molecular formula is C23H20F2N4O. The Bertz CT molecular complexity index is 1220. The second-order valence-electron chi connectivity index (χ2n) is 6.61. The molecule has 7 heteroatoms. The van der Waals surface area contributed by atoms with E-state index in [9.17, 15) is 8.78 Å². The second-order valence-corrected chi connectivity index (χ2v) is 6.61. The SMILES string of the molecule is CNOCC=C(c1ccccc1)c1ccc2nc(N)c(-c3cc(F)ccc3F)n2c1. The number of hydrogen-bond donors (Lipinski definition) is 2. The van der Waals surface area contributed by atoms with E-state index in [4.69, 9.17) is 10.6 Å². The van der Waals surface area contributed by atoms with E-state index in [2.05, 4.69) is 10.5 Å². The van der Waals surface area contributed by atoms with Gasteiger partial charge >= 0.3 is 0 Å². The molecule has 4 rings (SSSR count). The van der Waals surface area contributed by atoms with E-state index in [0.717, 1.165) is 34.9 Å². The van der Waals surface area contributed by atoms with E-state index in [1.807, 2.05) is 48.7 Å². The van der Waals surface area contributed by atoms with E-state index in [1.165, 1.54) is 0 Å². The number of halogens is 2.